The molecule has 0 bridgehead atoms. The van der Waals surface area contributed by atoms with Gasteiger partial charge in [-0.15, -0.1) is 0 Å². The summed E-state index contributed by atoms with van der Waals surface area (Å²) in [4.78, 5) is 15.2. The molecule has 0 aromatic carbocycles. The SMILES string of the molecule is CCCN(CCC)CCCC(=O)C(C(C)(C)C)C(C)(C)C. The van der Waals surface area contributed by atoms with E-state index in [1.807, 2.05) is 0 Å². The number of carbonyl (C=O) groups excluding carboxylic acids is 1. The van der Waals surface area contributed by atoms with Crippen molar-refractivity contribution in [2.45, 2.75) is 81.1 Å². The van der Waals surface area contributed by atoms with E-state index in [4.69, 9.17) is 0 Å². The first kappa shape index (κ1) is 20.6. The van der Waals surface area contributed by atoms with Crippen molar-refractivity contribution in [2.75, 3.05) is 19.6 Å². The molecule has 0 radical (unpaired) electrons. The third kappa shape index (κ3) is 7.99. The molecular weight excluding hydrogens is 258 g/mol. The first-order valence-electron chi connectivity index (χ1n) is 8.79. The number of ketones is 1. The Morgan fingerprint density at radius 3 is 1.62 bits per heavy atom. The van der Waals surface area contributed by atoms with Gasteiger partial charge >= 0.3 is 0 Å². The molecule has 0 saturated carbocycles. The van der Waals surface area contributed by atoms with Gasteiger partial charge < -0.3 is 4.90 Å². The fraction of sp³-hybridized carbons (Fsp3) is 0.947. The lowest BCUT2D eigenvalue weighted by molar-refractivity contribution is -0.131. The van der Waals surface area contributed by atoms with Crippen LogP contribution in [0.1, 0.15) is 81.1 Å². The van der Waals surface area contributed by atoms with Gasteiger partial charge in [0.25, 0.3) is 0 Å². The van der Waals surface area contributed by atoms with Gasteiger partial charge in [0.05, 0.1) is 0 Å². The maximum absolute atomic E-state index is 12.7. The zero-order valence-corrected chi connectivity index (χ0v) is 15.9. The van der Waals surface area contributed by atoms with Gasteiger partial charge in [-0.3, -0.25) is 4.79 Å². The molecule has 0 rings (SSSR count). The summed E-state index contributed by atoms with van der Waals surface area (Å²) < 4.78 is 0. The normalized spacial score (nSPS) is 13.2. The fourth-order valence-electron chi connectivity index (χ4n) is 3.85. The molecule has 2 heteroatoms. The van der Waals surface area contributed by atoms with E-state index in [0.29, 0.717) is 5.78 Å². The summed E-state index contributed by atoms with van der Waals surface area (Å²) in [6.07, 6.45) is 4.12. The number of carbonyl (C=O) groups is 1. The van der Waals surface area contributed by atoms with Crippen LogP contribution in [0.25, 0.3) is 0 Å². The zero-order valence-electron chi connectivity index (χ0n) is 15.9. The summed E-state index contributed by atoms with van der Waals surface area (Å²) in [5.74, 6) is 0.582. The molecule has 0 unspecified atom stereocenters. The fourth-order valence-corrected chi connectivity index (χ4v) is 3.85. The Morgan fingerprint density at radius 1 is 0.857 bits per heavy atom. The standard InChI is InChI=1S/C19H39NO/c1-9-13-20(14-10-2)15-11-12-16(21)17(18(3,4)5)19(6,7)8/h17H,9-15H2,1-8H3. The maximum Gasteiger partial charge on any atom is 0.137 e. The lowest BCUT2D eigenvalue weighted by atomic mass is 9.64. The first-order valence-corrected chi connectivity index (χ1v) is 8.79. The Hall–Kier alpha value is -0.370. The predicted molar refractivity (Wildman–Crippen MR) is 93.7 cm³/mol. The summed E-state index contributed by atoms with van der Waals surface area (Å²) in [7, 11) is 0. The van der Waals surface area contributed by atoms with Crippen molar-refractivity contribution in [3.8, 4) is 0 Å². The summed E-state index contributed by atoms with van der Waals surface area (Å²) >= 11 is 0. The van der Waals surface area contributed by atoms with Crippen molar-refractivity contribution in [1.82, 2.24) is 4.90 Å². The highest BCUT2D eigenvalue weighted by Gasteiger charge is 2.39. The molecule has 0 aliphatic heterocycles. The van der Waals surface area contributed by atoms with E-state index in [2.05, 4.69) is 60.3 Å². The summed E-state index contributed by atoms with van der Waals surface area (Å²) in [5, 5.41) is 0. The van der Waals surface area contributed by atoms with Gasteiger partial charge in [-0.1, -0.05) is 55.4 Å². The predicted octanol–water partition coefficient (Wildman–Crippen LogP) is 5.17. The zero-order chi connectivity index (χ0) is 16.7. The second-order valence-corrected chi connectivity index (χ2v) is 8.58. The number of rotatable bonds is 9. The largest absolute Gasteiger partial charge is 0.303 e. The van der Waals surface area contributed by atoms with Crippen LogP contribution in [0.4, 0.5) is 0 Å². The minimum absolute atomic E-state index is 0.0435. The Bertz CT molecular complexity index is 276. The molecule has 0 heterocycles. The van der Waals surface area contributed by atoms with Crippen molar-refractivity contribution in [3.63, 3.8) is 0 Å². The molecule has 0 aromatic rings. The summed E-state index contributed by atoms with van der Waals surface area (Å²) in [6, 6.07) is 0. The molecule has 0 fully saturated rings. The topological polar surface area (TPSA) is 20.3 Å². The van der Waals surface area contributed by atoms with Gasteiger partial charge in [0.1, 0.15) is 5.78 Å². The highest BCUT2D eigenvalue weighted by molar-refractivity contribution is 5.82. The van der Waals surface area contributed by atoms with Crippen LogP contribution in [0, 0.1) is 16.7 Å². The minimum atomic E-state index is 0.0435. The quantitative estimate of drug-likeness (QED) is 0.585. The summed E-state index contributed by atoms with van der Waals surface area (Å²) in [6.45, 7) is 21.0. The van der Waals surface area contributed by atoms with E-state index in [0.717, 1.165) is 32.5 Å². The van der Waals surface area contributed by atoms with E-state index in [1.54, 1.807) is 0 Å². The number of Topliss-reactive ketones (excluding diaryl/α,β-unsaturated/α-hetero) is 1. The number of nitrogens with zero attached hydrogens (tertiary/aromatic N) is 1. The van der Waals surface area contributed by atoms with Crippen molar-refractivity contribution >= 4 is 5.78 Å². The Labute approximate surface area is 133 Å². The van der Waals surface area contributed by atoms with Crippen LogP contribution in [-0.4, -0.2) is 30.3 Å². The number of hydrogen-bond acceptors (Lipinski definition) is 2. The van der Waals surface area contributed by atoms with Gasteiger partial charge in [0.15, 0.2) is 0 Å². The lowest BCUT2D eigenvalue weighted by Gasteiger charge is -2.39. The Morgan fingerprint density at radius 2 is 1.29 bits per heavy atom. The molecule has 0 aromatic heterocycles. The smallest absolute Gasteiger partial charge is 0.137 e. The van der Waals surface area contributed by atoms with Gasteiger partial charge in [-0.2, -0.15) is 0 Å². The van der Waals surface area contributed by atoms with Gasteiger partial charge in [0.2, 0.25) is 0 Å². The molecular formula is C19H39NO. The van der Waals surface area contributed by atoms with E-state index in [-0.39, 0.29) is 16.7 Å². The third-order valence-electron chi connectivity index (χ3n) is 4.03. The lowest BCUT2D eigenvalue weighted by Crippen LogP contribution is -2.39. The molecule has 0 saturated heterocycles. The molecule has 2 nitrogen and oxygen atoms in total. The van der Waals surface area contributed by atoms with Gasteiger partial charge in [-0.25, -0.2) is 0 Å². The van der Waals surface area contributed by atoms with E-state index < -0.39 is 0 Å². The molecule has 0 atom stereocenters. The van der Waals surface area contributed by atoms with E-state index >= 15 is 0 Å². The van der Waals surface area contributed by atoms with Crippen LogP contribution in [0.5, 0.6) is 0 Å². The molecule has 0 N–H and O–H groups in total. The van der Waals surface area contributed by atoms with Crippen LogP contribution in [0.2, 0.25) is 0 Å². The summed E-state index contributed by atoms with van der Waals surface area (Å²) in [5.41, 5.74) is 0.0870. The molecule has 0 spiro atoms. The van der Waals surface area contributed by atoms with Crippen molar-refractivity contribution < 1.29 is 4.79 Å². The van der Waals surface area contributed by atoms with Crippen LogP contribution >= 0.6 is 0 Å². The highest BCUT2D eigenvalue weighted by Crippen LogP contribution is 2.41. The van der Waals surface area contributed by atoms with E-state index in [1.165, 1.54) is 12.8 Å². The monoisotopic (exact) mass is 297 g/mol. The minimum Gasteiger partial charge on any atom is -0.303 e. The Balaban J connectivity index is 4.52. The van der Waals surface area contributed by atoms with Crippen LogP contribution < -0.4 is 0 Å². The van der Waals surface area contributed by atoms with Crippen LogP contribution in [0.15, 0.2) is 0 Å². The second kappa shape index (κ2) is 8.92. The molecule has 126 valence electrons. The molecule has 0 aliphatic rings. The van der Waals surface area contributed by atoms with Crippen molar-refractivity contribution in [3.05, 3.63) is 0 Å². The Kier molecular flexibility index (Phi) is 8.77. The molecule has 0 amide bonds. The van der Waals surface area contributed by atoms with Gasteiger partial charge in [-0.05, 0) is 49.7 Å². The second-order valence-electron chi connectivity index (χ2n) is 8.58. The van der Waals surface area contributed by atoms with Crippen LogP contribution in [-0.2, 0) is 4.79 Å². The number of hydrogen-bond donors (Lipinski definition) is 0. The van der Waals surface area contributed by atoms with Crippen molar-refractivity contribution in [2.24, 2.45) is 16.7 Å². The maximum atomic E-state index is 12.7. The van der Waals surface area contributed by atoms with E-state index in [9.17, 15) is 4.79 Å². The average Bonchev–Trinajstić information content (AvgIpc) is 2.25. The van der Waals surface area contributed by atoms with Crippen molar-refractivity contribution in [1.29, 1.82) is 0 Å². The molecule has 0 aliphatic carbocycles. The average molecular weight is 298 g/mol. The third-order valence-corrected chi connectivity index (χ3v) is 4.03. The van der Waals surface area contributed by atoms with Gasteiger partial charge in [0, 0.05) is 12.3 Å². The first-order chi connectivity index (χ1) is 9.54. The van der Waals surface area contributed by atoms with Crippen LogP contribution in [0.3, 0.4) is 0 Å². The molecule has 21 heavy (non-hydrogen) atoms. The highest BCUT2D eigenvalue weighted by atomic mass is 16.1.